The molecule has 0 aromatic heterocycles. The molecule has 0 saturated carbocycles. The van der Waals surface area contributed by atoms with Gasteiger partial charge in [-0.2, -0.15) is 0 Å². The molecule has 0 radical (unpaired) electrons. The lowest BCUT2D eigenvalue weighted by molar-refractivity contribution is 0.583. The van der Waals surface area contributed by atoms with Crippen molar-refractivity contribution >= 4 is 55.9 Å². The van der Waals surface area contributed by atoms with Gasteiger partial charge in [-0.3, -0.25) is 10.8 Å². The van der Waals surface area contributed by atoms with Gasteiger partial charge < -0.3 is 0 Å². The van der Waals surface area contributed by atoms with E-state index in [0.717, 1.165) is 12.0 Å². The Balaban J connectivity index is 1.50. The van der Waals surface area contributed by atoms with Crippen molar-refractivity contribution in [2.45, 2.75) is 13.3 Å². The van der Waals surface area contributed by atoms with Crippen molar-refractivity contribution in [1.29, 1.82) is 10.8 Å². The third-order valence-corrected chi connectivity index (χ3v) is 9.24. The van der Waals surface area contributed by atoms with Crippen molar-refractivity contribution in [3.05, 3.63) is 143 Å². The Morgan fingerprint density at radius 3 is 1.67 bits per heavy atom. The molecule has 6 aromatic rings. The Labute approximate surface area is 250 Å². The van der Waals surface area contributed by atoms with Gasteiger partial charge in [0.25, 0.3) is 0 Å². The van der Waals surface area contributed by atoms with Crippen LogP contribution in [0.15, 0.2) is 133 Å². The normalized spacial score (nSPS) is 17.9. The molecule has 2 N–H and O–H groups in total. The maximum Gasteiger partial charge on any atom is 0.0792 e. The number of rotatable bonds is 3. The van der Waals surface area contributed by atoms with Crippen molar-refractivity contribution in [3.63, 3.8) is 0 Å². The largest absolute Gasteiger partial charge is 0.299 e. The van der Waals surface area contributed by atoms with Crippen LogP contribution < -0.4 is 10.4 Å². The molecular weight excluding hydrogens is 520 g/mol. The third-order valence-electron chi connectivity index (χ3n) is 9.24. The van der Waals surface area contributed by atoms with Crippen molar-refractivity contribution in [1.82, 2.24) is 0 Å². The number of allylic oxidation sites excluding steroid dienone is 4. The zero-order valence-electron chi connectivity index (χ0n) is 24.0. The number of hydrogen-bond donors (Lipinski definition) is 2. The van der Waals surface area contributed by atoms with Crippen molar-refractivity contribution in [2.75, 3.05) is 0 Å². The van der Waals surface area contributed by atoms with Crippen LogP contribution in [0.25, 0.3) is 66.7 Å². The Morgan fingerprint density at radius 2 is 1.09 bits per heavy atom. The first-order chi connectivity index (χ1) is 21.0. The molecule has 2 aliphatic carbocycles. The van der Waals surface area contributed by atoms with Gasteiger partial charge >= 0.3 is 0 Å². The minimum absolute atomic E-state index is 0.258. The van der Waals surface area contributed by atoms with Gasteiger partial charge in [0.05, 0.1) is 11.4 Å². The molecule has 43 heavy (non-hydrogen) atoms. The molecule has 1 atom stereocenters. The fourth-order valence-electron chi connectivity index (χ4n) is 6.94. The molecule has 6 aromatic carbocycles. The minimum Gasteiger partial charge on any atom is -0.299 e. The average Bonchev–Trinajstić information content (AvgIpc) is 3.04. The monoisotopic (exact) mass is 550 g/mol. The molecular formula is C41H30N2. The number of hydrogen-bond acceptors (Lipinski definition) is 2. The quantitative estimate of drug-likeness (QED) is 0.207. The first kappa shape index (κ1) is 25.4. The summed E-state index contributed by atoms with van der Waals surface area (Å²) in [5, 5.41) is 26.4. The Kier molecular flexibility index (Phi) is 5.67. The molecule has 204 valence electrons. The van der Waals surface area contributed by atoms with Crippen LogP contribution in [0.1, 0.15) is 13.3 Å². The summed E-state index contributed by atoms with van der Waals surface area (Å²) in [7, 11) is 0. The highest BCUT2D eigenvalue weighted by atomic mass is 14.5. The number of nitrogens with one attached hydrogen (secondary N) is 2. The van der Waals surface area contributed by atoms with E-state index in [1.165, 1.54) is 65.0 Å². The van der Waals surface area contributed by atoms with E-state index in [4.69, 9.17) is 10.8 Å². The molecule has 0 fully saturated rings. The van der Waals surface area contributed by atoms with Crippen LogP contribution in [0, 0.1) is 16.2 Å². The smallest absolute Gasteiger partial charge is 0.0792 e. The molecule has 0 amide bonds. The Bertz CT molecular complexity index is 2370. The summed E-state index contributed by atoms with van der Waals surface area (Å²) in [5.41, 5.74) is 6.21. The molecule has 1 unspecified atom stereocenters. The van der Waals surface area contributed by atoms with Crippen molar-refractivity contribution < 1.29 is 0 Å². The van der Waals surface area contributed by atoms with Gasteiger partial charge in [-0.1, -0.05) is 122 Å². The van der Waals surface area contributed by atoms with Crippen molar-refractivity contribution in [2.24, 2.45) is 5.41 Å². The van der Waals surface area contributed by atoms with Crippen molar-refractivity contribution in [3.8, 4) is 22.3 Å². The maximum absolute atomic E-state index is 8.37. The zero-order chi connectivity index (χ0) is 29.1. The number of benzene rings is 6. The van der Waals surface area contributed by atoms with E-state index < -0.39 is 0 Å². The van der Waals surface area contributed by atoms with Gasteiger partial charge in [-0.15, -0.1) is 0 Å². The molecule has 2 heteroatoms. The van der Waals surface area contributed by atoms with E-state index in [1.807, 2.05) is 12.2 Å². The summed E-state index contributed by atoms with van der Waals surface area (Å²) in [4.78, 5) is 0. The lowest BCUT2D eigenvalue weighted by Gasteiger charge is -2.31. The second-order valence-electron chi connectivity index (χ2n) is 12.0. The van der Waals surface area contributed by atoms with Gasteiger partial charge in [0.1, 0.15) is 0 Å². The predicted molar refractivity (Wildman–Crippen MR) is 183 cm³/mol. The fourth-order valence-corrected chi connectivity index (χ4v) is 6.94. The highest BCUT2D eigenvalue weighted by Gasteiger charge is 2.30. The van der Waals surface area contributed by atoms with Crippen LogP contribution >= 0.6 is 0 Å². The summed E-state index contributed by atoms with van der Waals surface area (Å²) in [5.74, 6) is 0. The first-order valence-electron chi connectivity index (χ1n) is 14.8. The predicted octanol–water partition coefficient (Wildman–Crippen LogP) is 8.99. The summed E-state index contributed by atoms with van der Waals surface area (Å²) in [6, 6.07) is 39.6. The van der Waals surface area contributed by atoms with Crippen LogP contribution in [-0.4, -0.2) is 11.4 Å². The summed E-state index contributed by atoms with van der Waals surface area (Å²) in [6.45, 7) is 2.26. The van der Waals surface area contributed by atoms with Gasteiger partial charge in [-0.25, -0.2) is 0 Å². The molecule has 0 spiro atoms. The lowest BCUT2D eigenvalue weighted by atomic mass is 9.72. The van der Waals surface area contributed by atoms with E-state index in [1.54, 1.807) is 6.08 Å². The van der Waals surface area contributed by atoms with E-state index in [2.05, 4.69) is 128 Å². The molecule has 2 nitrogen and oxygen atoms in total. The van der Waals surface area contributed by atoms with Crippen LogP contribution in [0.4, 0.5) is 0 Å². The average molecular weight is 551 g/mol. The standard InChI is InChI=1S/C41H30N2/c1-41(32-18-19-37(42)38(43)24-32)21-20-35-36(25-41)40(31-17-15-27-9-3-5-11-29(27)23-31)34-13-7-6-12-33(34)39(35)30-16-14-26-8-2-4-10-28(26)22-30/h2-20,22-25,42-43H,21H2,1H3. The van der Waals surface area contributed by atoms with Crippen LogP contribution in [0.2, 0.25) is 0 Å². The van der Waals surface area contributed by atoms with Gasteiger partial charge in [0.2, 0.25) is 0 Å². The highest BCUT2D eigenvalue weighted by molar-refractivity contribution is 6.49. The molecule has 0 aliphatic heterocycles. The highest BCUT2D eigenvalue weighted by Crippen LogP contribution is 2.40. The second kappa shape index (κ2) is 9.61. The van der Waals surface area contributed by atoms with E-state index in [9.17, 15) is 0 Å². The molecule has 0 bridgehead atoms. The van der Waals surface area contributed by atoms with Gasteiger partial charge in [0.15, 0.2) is 0 Å². The van der Waals surface area contributed by atoms with E-state index >= 15 is 0 Å². The zero-order valence-corrected chi connectivity index (χ0v) is 24.0. The first-order valence-corrected chi connectivity index (χ1v) is 14.8. The van der Waals surface area contributed by atoms with Gasteiger partial charge in [0, 0.05) is 5.41 Å². The maximum atomic E-state index is 8.37. The molecule has 0 heterocycles. The van der Waals surface area contributed by atoms with Gasteiger partial charge in [-0.05, 0) is 101 Å². The minimum atomic E-state index is -0.314. The second-order valence-corrected chi connectivity index (χ2v) is 12.0. The summed E-state index contributed by atoms with van der Waals surface area (Å²) in [6.07, 6.45) is 11.3. The van der Waals surface area contributed by atoms with Crippen LogP contribution in [0.5, 0.6) is 0 Å². The molecule has 2 aliphatic rings. The van der Waals surface area contributed by atoms with Crippen LogP contribution in [0.3, 0.4) is 0 Å². The molecule has 8 rings (SSSR count). The number of fused-ring (bicyclic) bond motifs is 4. The summed E-state index contributed by atoms with van der Waals surface area (Å²) < 4.78 is 0. The van der Waals surface area contributed by atoms with E-state index in [0.29, 0.717) is 0 Å². The van der Waals surface area contributed by atoms with E-state index in [-0.39, 0.29) is 16.8 Å². The topological polar surface area (TPSA) is 47.7 Å². The lowest BCUT2D eigenvalue weighted by Crippen LogP contribution is -2.37. The molecule has 0 saturated heterocycles. The SMILES string of the molecule is CC1(C2=CC(=N)C(=N)C=C2)C=c2c(-c3ccc4ccccc4c3)c3ccccc3c(-c3ccc4ccccc4c3)c2=CC1. The summed E-state index contributed by atoms with van der Waals surface area (Å²) >= 11 is 0. The third kappa shape index (κ3) is 4.10. The fraction of sp³-hybridized carbons (Fsp3) is 0.0732. The van der Waals surface area contributed by atoms with Crippen LogP contribution in [-0.2, 0) is 0 Å². The Hall–Kier alpha value is -5.34. The Morgan fingerprint density at radius 1 is 0.558 bits per heavy atom.